The Morgan fingerprint density at radius 2 is 1.44 bits per heavy atom. The van der Waals surface area contributed by atoms with E-state index in [4.69, 9.17) is 0 Å². The molecule has 0 amide bonds. The van der Waals surface area contributed by atoms with Crippen LogP contribution in [-0.2, 0) is 12.8 Å². The number of rotatable bonds is 3. The van der Waals surface area contributed by atoms with E-state index in [2.05, 4.69) is 50.2 Å². The maximum atomic E-state index is 3.08. The Morgan fingerprint density at radius 1 is 0.875 bits per heavy atom. The van der Waals surface area contributed by atoms with Gasteiger partial charge in [0, 0.05) is 0 Å². The number of hydrogen-bond donors (Lipinski definition) is 0. The molecule has 0 saturated carbocycles. The fourth-order valence-electron chi connectivity index (χ4n) is 2.17. The zero-order valence-corrected chi connectivity index (χ0v) is 9.96. The molecule has 81 valence electrons. The van der Waals surface area contributed by atoms with Crippen LogP contribution in [0.3, 0.4) is 0 Å². The zero-order chi connectivity index (χ0) is 11.4. The fraction of sp³-hybridized carbons (Fsp3) is 0.250. The molecule has 0 unspecified atom stereocenters. The Labute approximate surface area is 97.9 Å². The summed E-state index contributed by atoms with van der Waals surface area (Å²) >= 11 is 0. The van der Waals surface area contributed by atoms with E-state index < -0.39 is 0 Å². The first-order valence-corrected chi connectivity index (χ1v) is 5.94. The van der Waals surface area contributed by atoms with E-state index in [-0.39, 0.29) is 0 Å². The quantitative estimate of drug-likeness (QED) is 0.707. The lowest BCUT2D eigenvalue weighted by Crippen LogP contribution is -1.93. The van der Waals surface area contributed by atoms with Crippen molar-refractivity contribution in [3.63, 3.8) is 0 Å². The summed E-state index contributed by atoms with van der Waals surface area (Å²) in [5.74, 6) is 0. The number of hydrogen-bond acceptors (Lipinski definition) is 0. The number of benzene rings is 2. The van der Waals surface area contributed by atoms with E-state index in [1.165, 1.54) is 22.3 Å². The minimum Gasteiger partial charge on any atom is -0.0617 e. The Bertz CT molecular complexity index is 432. The maximum Gasteiger partial charge on any atom is -0.0120 e. The Balaban J connectivity index is 2.62. The molecule has 2 aromatic rings. The molecule has 0 N–H and O–H groups in total. The monoisotopic (exact) mass is 209 g/mol. The highest BCUT2D eigenvalue weighted by Gasteiger charge is 2.07. The van der Waals surface area contributed by atoms with Crippen LogP contribution in [-0.4, -0.2) is 0 Å². The van der Waals surface area contributed by atoms with Gasteiger partial charge in [-0.3, -0.25) is 0 Å². The lowest BCUT2D eigenvalue weighted by Gasteiger charge is -2.13. The van der Waals surface area contributed by atoms with Crippen LogP contribution in [0.1, 0.15) is 25.0 Å². The van der Waals surface area contributed by atoms with Gasteiger partial charge in [-0.25, -0.2) is 0 Å². The van der Waals surface area contributed by atoms with Crippen LogP contribution < -0.4 is 0 Å². The molecule has 0 spiro atoms. The van der Waals surface area contributed by atoms with E-state index in [1.54, 1.807) is 0 Å². The standard InChI is InChI=1S/C16H17/c1-3-13-11-8-12-14(4-2)16(13)15-9-6-5-7-10-15/h6-12H,3-4H2,1-2H3. The molecule has 0 aliphatic rings. The minimum atomic E-state index is 1.09. The van der Waals surface area contributed by atoms with E-state index in [9.17, 15) is 0 Å². The van der Waals surface area contributed by atoms with Crippen molar-refractivity contribution in [3.8, 4) is 11.1 Å². The van der Waals surface area contributed by atoms with Crippen LogP contribution in [0.4, 0.5) is 0 Å². The summed E-state index contributed by atoms with van der Waals surface area (Å²) < 4.78 is 0. The van der Waals surface area contributed by atoms with Crippen LogP contribution in [0, 0.1) is 6.07 Å². The highest BCUT2D eigenvalue weighted by Crippen LogP contribution is 2.28. The van der Waals surface area contributed by atoms with Crippen LogP contribution in [0.15, 0.2) is 42.5 Å². The highest BCUT2D eigenvalue weighted by atomic mass is 14.1. The first-order chi connectivity index (χ1) is 7.86. The Morgan fingerprint density at radius 3 is 1.94 bits per heavy atom. The van der Waals surface area contributed by atoms with Crippen molar-refractivity contribution in [1.29, 1.82) is 0 Å². The average Bonchev–Trinajstić information content (AvgIpc) is 2.38. The van der Waals surface area contributed by atoms with Gasteiger partial charge in [-0.15, -0.1) is 0 Å². The van der Waals surface area contributed by atoms with Gasteiger partial charge in [-0.05, 0) is 41.2 Å². The molecule has 0 fully saturated rings. The molecule has 0 aliphatic carbocycles. The lowest BCUT2D eigenvalue weighted by atomic mass is 9.92. The van der Waals surface area contributed by atoms with Gasteiger partial charge in [0.1, 0.15) is 0 Å². The summed E-state index contributed by atoms with van der Waals surface area (Å²) in [7, 11) is 0. The second-order valence-electron chi connectivity index (χ2n) is 3.95. The predicted molar refractivity (Wildman–Crippen MR) is 69.5 cm³/mol. The first kappa shape index (κ1) is 10.9. The molecule has 0 heteroatoms. The second kappa shape index (κ2) is 4.98. The van der Waals surface area contributed by atoms with Gasteiger partial charge in [-0.2, -0.15) is 0 Å². The average molecular weight is 209 g/mol. The fourth-order valence-corrected chi connectivity index (χ4v) is 2.17. The van der Waals surface area contributed by atoms with E-state index in [0.29, 0.717) is 0 Å². The molecule has 1 radical (unpaired) electrons. The maximum absolute atomic E-state index is 3.08. The largest absolute Gasteiger partial charge is 0.0617 e. The molecule has 2 rings (SSSR count). The van der Waals surface area contributed by atoms with Crippen molar-refractivity contribution in [1.82, 2.24) is 0 Å². The van der Waals surface area contributed by atoms with Crippen molar-refractivity contribution < 1.29 is 0 Å². The summed E-state index contributed by atoms with van der Waals surface area (Å²) in [6.45, 7) is 4.43. The van der Waals surface area contributed by atoms with Gasteiger partial charge >= 0.3 is 0 Å². The zero-order valence-electron chi connectivity index (χ0n) is 9.96. The van der Waals surface area contributed by atoms with Crippen LogP contribution in [0.25, 0.3) is 11.1 Å². The van der Waals surface area contributed by atoms with Gasteiger partial charge in [0.15, 0.2) is 0 Å². The molecule has 2 aromatic carbocycles. The third-order valence-corrected chi connectivity index (χ3v) is 3.01. The third kappa shape index (κ3) is 2.01. The van der Waals surface area contributed by atoms with Gasteiger partial charge in [0.25, 0.3) is 0 Å². The molecule has 0 saturated heterocycles. The molecule has 16 heavy (non-hydrogen) atoms. The molecular weight excluding hydrogens is 192 g/mol. The van der Waals surface area contributed by atoms with Crippen LogP contribution in [0.2, 0.25) is 0 Å². The van der Waals surface area contributed by atoms with Crippen molar-refractivity contribution >= 4 is 0 Å². The van der Waals surface area contributed by atoms with Crippen molar-refractivity contribution in [2.24, 2.45) is 0 Å². The molecule has 0 atom stereocenters. The van der Waals surface area contributed by atoms with Crippen LogP contribution >= 0.6 is 0 Å². The first-order valence-electron chi connectivity index (χ1n) is 5.94. The molecule has 0 aromatic heterocycles. The Kier molecular flexibility index (Phi) is 3.40. The second-order valence-corrected chi connectivity index (χ2v) is 3.95. The van der Waals surface area contributed by atoms with Crippen molar-refractivity contribution in [2.75, 3.05) is 0 Å². The van der Waals surface area contributed by atoms with Crippen molar-refractivity contribution in [3.05, 3.63) is 59.7 Å². The van der Waals surface area contributed by atoms with E-state index >= 15 is 0 Å². The lowest BCUT2D eigenvalue weighted by molar-refractivity contribution is 1.09. The van der Waals surface area contributed by atoms with E-state index in [1.807, 2.05) is 12.1 Å². The predicted octanol–water partition coefficient (Wildman–Crippen LogP) is 4.28. The molecule has 0 heterocycles. The topological polar surface area (TPSA) is 0 Å². The summed E-state index contributed by atoms with van der Waals surface area (Å²) in [5, 5.41) is 0. The molecule has 0 nitrogen and oxygen atoms in total. The van der Waals surface area contributed by atoms with Gasteiger partial charge < -0.3 is 0 Å². The van der Waals surface area contributed by atoms with Gasteiger partial charge in [0.2, 0.25) is 0 Å². The molecular formula is C16H17. The van der Waals surface area contributed by atoms with E-state index in [0.717, 1.165) is 12.8 Å². The van der Waals surface area contributed by atoms with Crippen LogP contribution in [0.5, 0.6) is 0 Å². The smallest absolute Gasteiger partial charge is 0.0120 e. The normalized spacial score (nSPS) is 10.4. The third-order valence-electron chi connectivity index (χ3n) is 3.01. The van der Waals surface area contributed by atoms with Gasteiger partial charge in [0.05, 0.1) is 0 Å². The van der Waals surface area contributed by atoms with Gasteiger partial charge in [-0.1, -0.05) is 56.3 Å². The summed E-state index contributed by atoms with van der Waals surface area (Å²) in [6.07, 6.45) is 2.17. The highest BCUT2D eigenvalue weighted by molar-refractivity contribution is 5.71. The summed E-state index contributed by atoms with van der Waals surface area (Å²) in [6, 6.07) is 18.0. The molecule has 0 aliphatic heterocycles. The summed E-state index contributed by atoms with van der Waals surface area (Å²) in [5.41, 5.74) is 5.60. The Hall–Kier alpha value is -1.56. The van der Waals surface area contributed by atoms with Crippen molar-refractivity contribution in [2.45, 2.75) is 26.7 Å². The number of aryl methyl sites for hydroxylation is 2. The summed E-state index contributed by atoms with van der Waals surface area (Å²) in [4.78, 5) is 0. The minimum absolute atomic E-state index is 1.09. The molecule has 0 bridgehead atoms. The SMILES string of the molecule is CCc1cccc(CC)c1-c1cc[c]cc1.